The van der Waals surface area contributed by atoms with E-state index in [2.05, 4.69) is 18.7 Å². The molecule has 2 bridgehead atoms. The summed E-state index contributed by atoms with van der Waals surface area (Å²) in [5.74, 6) is 1.69. The van der Waals surface area contributed by atoms with Gasteiger partial charge in [0.25, 0.3) is 0 Å². The van der Waals surface area contributed by atoms with Crippen LogP contribution in [0.2, 0.25) is 0 Å². The zero-order valence-electron chi connectivity index (χ0n) is 15.8. The van der Waals surface area contributed by atoms with Crippen LogP contribution < -0.4 is 9.47 Å². The molecule has 0 aromatic heterocycles. The number of benzene rings is 1. The fourth-order valence-electron chi connectivity index (χ4n) is 4.01. The Labute approximate surface area is 150 Å². The Kier molecular flexibility index (Phi) is 5.52. The van der Waals surface area contributed by atoms with E-state index in [-0.39, 0.29) is 24.3 Å². The van der Waals surface area contributed by atoms with E-state index < -0.39 is 0 Å². The minimum Gasteiger partial charge on any atom is -0.487 e. The second-order valence-corrected chi connectivity index (χ2v) is 7.69. The number of piperidine rings is 3. The van der Waals surface area contributed by atoms with Gasteiger partial charge >= 0.3 is 6.09 Å². The van der Waals surface area contributed by atoms with Crippen LogP contribution in [0.5, 0.6) is 11.5 Å². The topological polar surface area (TPSA) is 42.0 Å². The smallest absolute Gasteiger partial charge is 0.415 e. The van der Waals surface area contributed by atoms with Crippen molar-refractivity contribution in [2.75, 3.05) is 19.6 Å². The number of ether oxygens (including phenoxy) is 2. The van der Waals surface area contributed by atoms with Crippen LogP contribution in [0.3, 0.4) is 0 Å². The highest BCUT2D eigenvalue weighted by Crippen LogP contribution is 2.33. The van der Waals surface area contributed by atoms with E-state index in [1.165, 1.54) is 12.8 Å². The van der Waals surface area contributed by atoms with Gasteiger partial charge in [0.05, 0.1) is 12.1 Å². The highest BCUT2D eigenvalue weighted by atomic mass is 16.6. The van der Waals surface area contributed by atoms with E-state index in [4.69, 9.17) is 9.47 Å². The molecule has 0 aliphatic carbocycles. The molecule has 0 saturated carbocycles. The first-order valence-corrected chi connectivity index (χ1v) is 9.44. The number of rotatable bonds is 5. The van der Waals surface area contributed by atoms with Gasteiger partial charge in [-0.3, -0.25) is 0 Å². The molecule has 3 saturated heterocycles. The third kappa shape index (κ3) is 4.09. The highest BCUT2D eigenvalue weighted by molar-refractivity contribution is 5.72. The van der Waals surface area contributed by atoms with Crippen molar-refractivity contribution in [1.82, 2.24) is 9.80 Å². The molecule has 1 aromatic carbocycles. The van der Waals surface area contributed by atoms with Gasteiger partial charge in [0, 0.05) is 12.6 Å². The van der Waals surface area contributed by atoms with Crippen molar-refractivity contribution in [2.24, 2.45) is 5.92 Å². The number of carbonyl (C=O) groups excluding carboxylic acids is 1. The molecule has 3 heterocycles. The average molecular weight is 346 g/mol. The number of para-hydroxylation sites is 2. The van der Waals surface area contributed by atoms with Crippen LogP contribution in [0.15, 0.2) is 24.3 Å². The first-order valence-electron chi connectivity index (χ1n) is 9.44. The lowest BCUT2D eigenvalue weighted by Gasteiger charge is -2.49. The third-order valence-corrected chi connectivity index (χ3v) is 5.16. The Morgan fingerprint density at radius 3 is 2.28 bits per heavy atom. The van der Waals surface area contributed by atoms with E-state index in [1.807, 2.05) is 36.9 Å². The Morgan fingerprint density at radius 2 is 1.76 bits per heavy atom. The lowest BCUT2D eigenvalue weighted by Crippen LogP contribution is -2.60. The van der Waals surface area contributed by atoms with Crippen LogP contribution in [-0.2, 0) is 0 Å². The molecule has 3 aliphatic heterocycles. The highest BCUT2D eigenvalue weighted by Gasteiger charge is 2.41. The molecule has 0 N–H and O–H groups in total. The average Bonchev–Trinajstić information content (AvgIpc) is 2.57. The second kappa shape index (κ2) is 7.65. The molecule has 5 nitrogen and oxygen atoms in total. The van der Waals surface area contributed by atoms with Crippen LogP contribution in [0.4, 0.5) is 4.79 Å². The molecule has 138 valence electrons. The predicted octanol–water partition coefficient (Wildman–Crippen LogP) is 3.78. The van der Waals surface area contributed by atoms with E-state index in [0.29, 0.717) is 17.4 Å². The first-order chi connectivity index (χ1) is 12.0. The van der Waals surface area contributed by atoms with Crippen molar-refractivity contribution >= 4 is 6.09 Å². The Balaban J connectivity index is 1.76. The Morgan fingerprint density at radius 1 is 1.12 bits per heavy atom. The van der Waals surface area contributed by atoms with Crippen LogP contribution in [0.25, 0.3) is 0 Å². The van der Waals surface area contributed by atoms with Crippen molar-refractivity contribution in [2.45, 2.75) is 58.7 Å². The first kappa shape index (κ1) is 18.1. The molecule has 3 aliphatic rings. The zero-order chi connectivity index (χ0) is 18.0. The van der Waals surface area contributed by atoms with Gasteiger partial charge in [-0.15, -0.1) is 0 Å². The summed E-state index contributed by atoms with van der Waals surface area (Å²) in [7, 11) is 0. The summed E-state index contributed by atoms with van der Waals surface area (Å²) in [6.07, 6.45) is 2.11. The molecular weight excluding hydrogens is 316 g/mol. The van der Waals surface area contributed by atoms with Crippen molar-refractivity contribution in [3.63, 3.8) is 0 Å². The van der Waals surface area contributed by atoms with Gasteiger partial charge in [-0.2, -0.15) is 0 Å². The van der Waals surface area contributed by atoms with Crippen molar-refractivity contribution in [3.05, 3.63) is 24.3 Å². The van der Waals surface area contributed by atoms with Crippen LogP contribution >= 0.6 is 0 Å². The fraction of sp³-hybridized carbons (Fsp3) is 0.650. The normalized spacial score (nSPS) is 25.3. The molecular formula is C20H30N2O3. The maximum absolute atomic E-state index is 13.0. The predicted molar refractivity (Wildman–Crippen MR) is 98.2 cm³/mol. The summed E-state index contributed by atoms with van der Waals surface area (Å²) in [5.41, 5.74) is 0. The van der Waals surface area contributed by atoms with Crippen molar-refractivity contribution < 1.29 is 14.3 Å². The van der Waals surface area contributed by atoms with Gasteiger partial charge < -0.3 is 19.3 Å². The van der Waals surface area contributed by atoms with E-state index in [9.17, 15) is 4.79 Å². The molecule has 4 rings (SSSR count). The van der Waals surface area contributed by atoms with E-state index in [0.717, 1.165) is 19.6 Å². The number of nitrogens with zero attached hydrogens (tertiary/aromatic N) is 2. The van der Waals surface area contributed by atoms with Crippen LogP contribution in [0.1, 0.15) is 40.5 Å². The number of fused-ring (bicyclic) bond motifs is 3. The minimum absolute atomic E-state index is 0.0305. The summed E-state index contributed by atoms with van der Waals surface area (Å²) in [4.78, 5) is 17.4. The maximum atomic E-state index is 13.0. The molecule has 1 unspecified atom stereocenters. The Bertz CT molecular complexity index is 594. The van der Waals surface area contributed by atoms with Crippen molar-refractivity contribution in [3.8, 4) is 11.5 Å². The van der Waals surface area contributed by atoms with E-state index in [1.54, 1.807) is 6.07 Å². The summed E-state index contributed by atoms with van der Waals surface area (Å²) in [5, 5.41) is 0. The molecule has 25 heavy (non-hydrogen) atoms. The van der Waals surface area contributed by atoms with Crippen molar-refractivity contribution in [1.29, 1.82) is 0 Å². The number of hydrogen-bond acceptors (Lipinski definition) is 4. The molecule has 0 spiro atoms. The van der Waals surface area contributed by atoms with Crippen LogP contribution in [-0.4, -0.2) is 53.7 Å². The molecule has 1 amide bonds. The third-order valence-electron chi connectivity index (χ3n) is 5.16. The quantitative estimate of drug-likeness (QED) is 0.814. The molecule has 0 radical (unpaired) electrons. The van der Waals surface area contributed by atoms with Gasteiger partial charge in [0.1, 0.15) is 0 Å². The standard InChI is InChI=1S/C20H30N2O3/c1-14(2)22(17-13-21-11-9-16(17)10-12-21)20(23)25-19-8-6-5-7-18(19)24-15(3)4/h5-8,14-17H,9-13H2,1-4H3. The molecule has 3 fully saturated rings. The summed E-state index contributed by atoms with van der Waals surface area (Å²) < 4.78 is 11.6. The number of hydrogen-bond donors (Lipinski definition) is 0. The molecule has 1 aromatic rings. The van der Waals surface area contributed by atoms with E-state index >= 15 is 0 Å². The number of amides is 1. The Hall–Kier alpha value is -1.75. The summed E-state index contributed by atoms with van der Waals surface area (Å²) in [6, 6.07) is 7.75. The summed E-state index contributed by atoms with van der Waals surface area (Å²) in [6.45, 7) is 11.3. The van der Waals surface area contributed by atoms with Gasteiger partial charge in [0.2, 0.25) is 0 Å². The lowest BCUT2D eigenvalue weighted by atomic mass is 9.83. The largest absolute Gasteiger partial charge is 0.487 e. The minimum atomic E-state index is -0.270. The monoisotopic (exact) mass is 346 g/mol. The number of carbonyl (C=O) groups is 1. The second-order valence-electron chi connectivity index (χ2n) is 7.69. The van der Waals surface area contributed by atoms with Gasteiger partial charge in [0.15, 0.2) is 11.5 Å². The molecule has 1 atom stereocenters. The van der Waals surface area contributed by atoms with Gasteiger partial charge in [-0.1, -0.05) is 12.1 Å². The van der Waals surface area contributed by atoms with Gasteiger partial charge in [-0.25, -0.2) is 4.79 Å². The molecule has 5 heteroatoms. The summed E-state index contributed by atoms with van der Waals surface area (Å²) >= 11 is 0. The fourth-order valence-corrected chi connectivity index (χ4v) is 4.01. The van der Waals surface area contributed by atoms with Crippen LogP contribution in [0, 0.1) is 5.92 Å². The maximum Gasteiger partial charge on any atom is 0.415 e. The lowest BCUT2D eigenvalue weighted by molar-refractivity contribution is 0.00106. The SMILES string of the molecule is CC(C)Oc1ccccc1OC(=O)N(C(C)C)C1CN2CCC1CC2. The zero-order valence-corrected chi connectivity index (χ0v) is 15.8. The van der Waals surface area contributed by atoms with Gasteiger partial charge in [-0.05, 0) is 71.7 Å².